The number of carbonyl (C=O) groups excluding carboxylic acids is 1. The average molecular weight is 157 g/mol. The molecule has 2 N–H and O–H groups in total. The van der Waals surface area contributed by atoms with Crippen LogP contribution in [0.1, 0.15) is 20.3 Å². The molecule has 0 saturated carbocycles. The lowest BCUT2D eigenvalue weighted by Gasteiger charge is -2.08. The molecule has 0 rings (SSSR count). The first-order chi connectivity index (χ1) is 5.07. The van der Waals surface area contributed by atoms with Gasteiger partial charge in [-0.05, 0) is 13.3 Å². The van der Waals surface area contributed by atoms with Gasteiger partial charge in [0.1, 0.15) is 0 Å². The van der Waals surface area contributed by atoms with Crippen LogP contribution in [0.25, 0.3) is 0 Å². The van der Waals surface area contributed by atoms with E-state index in [-0.39, 0.29) is 5.91 Å². The fourth-order valence-corrected chi connectivity index (χ4v) is 0.506. The number of rotatable bonds is 4. The van der Waals surface area contributed by atoms with E-state index in [1.807, 2.05) is 6.92 Å². The Hall–Kier alpha value is -0.830. The molecule has 3 nitrogen and oxygen atoms in total. The molecule has 0 aliphatic carbocycles. The fraction of sp³-hybridized carbons (Fsp3) is 0.625. The van der Waals surface area contributed by atoms with Crippen LogP contribution < -0.4 is 5.32 Å². The summed E-state index contributed by atoms with van der Waals surface area (Å²) >= 11 is 0. The monoisotopic (exact) mass is 157 g/mol. The molecule has 1 atom stereocenters. The first-order valence-corrected chi connectivity index (χ1v) is 3.69. The second kappa shape index (κ2) is 4.91. The Labute approximate surface area is 67.1 Å². The minimum Gasteiger partial charge on any atom is -0.391 e. The largest absolute Gasteiger partial charge is 0.391 e. The second-order valence-corrected chi connectivity index (χ2v) is 2.55. The minimum atomic E-state index is -0.446. The van der Waals surface area contributed by atoms with Gasteiger partial charge in [-0.15, -0.1) is 0 Å². The van der Waals surface area contributed by atoms with Gasteiger partial charge < -0.3 is 10.4 Å². The van der Waals surface area contributed by atoms with Gasteiger partial charge in [-0.2, -0.15) is 0 Å². The zero-order valence-corrected chi connectivity index (χ0v) is 7.05. The van der Waals surface area contributed by atoms with Crippen molar-refractivity contribution in [3.63, 3.8) is 0 Å². The van der Waals surface area contributed by atoms with Crippen LogP contribution in [-0.2, 0) is 4.79 Å². The molecule has 0 radical (unpaired) electrons. The third kappa shape index (κ3) is 4.56. The lowest BCUT2D eigenvalue weighted by atomic mass is 10.2. The molecular formula is C8H15NO2. The van der Waals surface area contributed by atoms with E-state index in [2.05, 4.69) is 11.9 Å². The predicted molar refractivity (Wildman–Crippen MR) is 44.1 cm³/mol. The van der Waals surface area contributed by atoms with Crippen molar-refractivity contribution in [3.8, 4) is 0 Å². The van der Waals surface area contributed by atoms with Gasteiger partial charge in [-0.3, -0.25) is 4.79 Å². The van der Waals surface area contributed by atoms with Crippen molar-refractivity contribution in [2.75, 3.05) is 6.54 Å². The predicted octanol–water partition coefficient (Wildman–Crippen LogP) is 0.450. The maximum Gasteiger partial charge on any atom is 0.246 e. The molecule has 0 aliphatic rings. The highest BCUT2D eigenvalue weighted by molar-refractivity contribution is 5.92. The SMILES string of the molecule is C=C(C)C(=O)NCC(O)CC. The number of aliphatic hydroxyl groups is 1. The van der Waals surface area contributed by atoms with Crippen molar-refractivity contribution < 1.29 is 9.90 Å². The highest BCUT2D eigenvalue weighted by atomic mass is 16.3. The smallest absolute Gasteiger partial charge is 0.246 e. The summed E-state index contributed by atoms with van der Waals surface area (Å²) < 4.78 is 0. The quantitative estimate of drug-likeness (QED) is 0.582. The van der Waals surface area contributed by atoms with E-state index in [1.165, 1.54) is 0 Å². The van der Waals surface area contributed by atoms with Crippen LogP contribution in [0.5, 0.6) is 0 Å². The molecule has 1 amide bonds. The number of hydrogen-bond acceptors (Lipinski definition) is 2. The molecule has 0 aromatic carbocycles. The lowest BCUT2D eigenvalue weighted by molar-refractivity contribution is -0.117. The van der Waals surface area contributed by atoms with Crippen molar-refractivity contribution in [1.82, 2.24) is 5.32 Å². The topological polar surface area (TPSA) is 49.3 Å². The first kappa shape index (κ1) is 10.2. The summed E-state index contributed by atoms with van der Waals surface area (Å²) in [5, 5.41) is 11.6. The van der Waals surface area contributed by atoms with E-state index in [9.17, 15) is 4.79 Å². The molecule has 0 aliphatic heterocycles. The Kier molecular flexibility index (Phi) is 4.54. The Balaban J connectivity index is 3.54. The Morgan fingerprint density at radius 3 is 2.64 bits per heavy atom. The molecule has 0 aromatic rings. The number of aliphatic hydroxyl groups excluding tert-OH is 1. The van der Waals surface area contributed by atoms with Crippen LogP contribution in [-0.4, -0.2) is 23.7 Å². The van der Waals surface area contributed by atoms with Gasteiger partial charge in [-0.25, -0.2) is 0 Å². The maximum absolute atomic E-state index is 10.8. The fourth-order valence-electron chi connectivity index (χ4n) is 0.506. The van der Waals surface area contributed by atoms with E-state index >= 15 is 0 Å². The molecule has 0 spiro atoms. The molecule has 1 unspecified atom stereocenters. The summed E-state index contributed by atoms with van der Waals surface area (Å²) in [7, 11) is 0. The van der Waals surface area contributed by atoms with Gasteiger partial charge in [0.25, 0.3) is 0 Å². The molecule has 11 heavy (non-hydrogen) atoms. The van der Waals surface area contributed by atoms with Crippen LogP contribution in [0.15, 0.2) is 12.2 Å². The van der Waals surface area contributed by atoms with Gasteiger partial charge in [-0.1, -0.05) is 13.5 Å². The van der Waals surface area contributed by atoms with Crippen LogP contribution in [0.2, 0.25) is 0 Å². The molecular weight excluding hydrogens is 142 g/mol. The molecule has 0 fully saturated rings. The van der Waals surface area contributed by atoms with Crippen LogP contribution in [0.4, 0.5) is 0 Å². The number of nitrogens with one attached hydrogen (secondary N) is 1. The lowest BCUT2D eigenvalue weighted by Crippen LogP contribution is -2.31. The normalized spacial score (nSPS) is 12.3. The number of amides is 1. The summed E-state index contributed by atoms with van der Waals surface area (Å²) in [6, 6.07) is 0. The van der Waals surface area contributed by atoms with Crippen LogP contribution in [0.3, 0.4) is 0 Å². The Morgan fingerprint density at radius 2 is 2.27 bits per heavy atom. The Bertz CT molecular complexity index is 154. The summed E-state index contributed by atoms with van der Waals surface area (Å²) in [5.41, 5.74) is 0.466. The number of hydrogen-bond donors (Lipinski definition) is 2. The molecule has 0 bridgehead atoms. The van der Waals surface area contributed by atoms with Crippen molar-refractivity contribution >= 4 is 5.91 Å². The van der Waals surface area contributed by atoms with Gasteiger partial charge in [0.15, 0.2) is 0 Å². The standard InChI is InChI=1S/C8H15NO2/c1-4-7(10)5-9-8(11)6(2)3/h7,10H,2,4-5H2,1,3H3,(H,9,11). The van der Waals surface area contributed by atoms with E-state index < -0.39 is 6.10 Å². The zero-order valence-electron chi connectivity index (χ0n) is 7.05. The highest BCUT2D eigenvalue weighted by Gasteiger charge is 2.04. The van der Waals surface area contributed by atoms with Gasteiger partial charge in [0, 0.05) is 12.1 Å². The van der Waals surface area contributed by atoms with Gasteiger partial charge in [0.05, 0.1) is 6.10 Å². The second-order valence-electron chi connectivity index (χ2n) is 2.55. The van der Waals surface area contributed by atoms with Crippen molar-refractivity contribution in [2.24, 2.45) is 0 Å². The molecule has 3 heteroatoms. The molecule has 0 saturated heterocycles. The molecule has 64 valence electrons. The highest BCUT2D eigenvalue weighted by Crippen LogP contribution is 1.89. The van der Waals surface area contributed by atoms with Gasteiger partial charge in [0.2, 0.25) is 5.91 Å². The molecule has 0 aromatic heterocycles. The third-order valence-corrected chi connectivity index (χ3v) is 1.36. The van der Waals surface area contributed by atoms with E-state index in [0.29, 0.717) is 18.5 Å². The third-order valence-electron chi connectivity index (χ3n) is 1.36. The van der Waals surface area contributed by atoms with Crippen molar-refractivity contribution in [1.29, 1.82) is 0 Å². The van der Waals surface area contributed by atoms with E-state index in [4.69, 9.17) is 5.11 Å². The summed E-state index contributed by atoms with van der Waals surface area (Å²) in [4.78, 5) is 10.8. The van der Waals surface area contributed by atoms with E-state index in [1.54, 1.807) is 6.92 Å². The summed E-state index contributed by atoms with van der Waals surface area (Å²) in [5.74, 6) is -0.197. The molecule has 0 heterocycles. The summed E-state index contributed by atoms with van der Waals surface area (Å²) in [6.07, 6.45) is 0.203. The van der Waals surface area contributed by atoms with E-state index in [0.717, 1.165) is 0 Å². The Morgan fingerprint density at radius 1 is 1.73 bits per heavy atom. The number of carbonyl (C=O) groups is 1. The zero-order chi connectivity index (χ0) is 8.85. The maximum atomic E-state index is 10.8. The van der Waals surface area contributed by atoms with Crippen LogP contribution in [0, 0.1) is 0 Å². The van der Waals surface area contributed by atoms with Crippen LogP contribution >= 0.6 is 0 Å². The van der Waals surface area contributed by atoms with Crippen molar-refractivity contribution in [2.45, 2.75) is 26.4 Å². The first-order valence-electron chi connectivity index (χ1n) is 3.69. The minimum absolute atomic E-state index is 0.197. The summed E-state index contributed by atoms with van der Waals surface area (Å²) in [6.45, 7) is 7.26. The van der Waals surface area contributed by atoms with Crippen molar-refractivity contribution in [3.05, 3.63) is 12.2 Å². The van der Waals surface area contributed by atoms with Gasteiger partial charge >= 0.3 is 0 Å². The average Bonchev–Trinajstić information content (AvgIpc) is 1.99.